The zero-order valence-corrected chi connectivity index (χ0v) is 8.14. The molecule has 3 heteroatoms. The second-order valence-corrected chi connectivity index (χ2v) is 3.48. The van der Waals surface area contributed by atoms with Crippen molar-refractivity contribution in [3.8, 4) is 0 Å². The molecule has 2 atom stereocenters. The highest BCUT2D eigenvalue weighted by atomic mass is 16.5. The lowest BCUT2D eigenvalue weighted by atomic mass is 10.1. The highest BCUT2D eigenvalue weighted by Gasteiger charge is 2.44. The smallest absolute Gasteiger partial charge is 0.309 e. The van der Waals surface area contributed by atoms with Crippen LogP contribution in [-0.4, -0.2) is 17.6 Å². The maximum atomic E-state index is 11.4. The Bertz CT molecular complexity index is 323. The summed E-state index contributed by atoms with van der Waals surface area (Å²) in [5, 5.41) is 0. The van der Waals surface area contributed by atoms with E-state index in [2.05, 4.69) is 4.98 Å². The van der Waals surface area contributed by atoms with E-state index in [0.717, 1.165) is 6.42 Å². The Balaban J connectivity index is 1.96. The Morgan fingerprint density at radius 2 is 2.29 bits per heavy atom. The Morgan fingerprint density at radius 1 is 1.57 bits per heavy atom. The Kier molecular flexibility index (Phi) is 2.48. The highest BCUT2D eigenvalue weighted by molar-refractivity contribution is 5.77. The van der Waals surface area contributed by atoms with E-state index in [9.17, 15) is 4.79 Å². The van der Waals surface area contributed by atoms with Crippen molar-refractivity contribution in [3.63, 3.8) is 0 Å². The van der Waals surface area contributed by atoms with Crippen molar-refractivity contribution in [1.82, 2.24) is 4.98 Å². The van der Waals surface area contributed by atoms with Gasteiger partial charge in [0.2, 0.25) is 0 Å². The number of hydrogen-bond acceptors (Lipinski definition) is 3. The van der Waals surface area contributed by atoms with E-state index in [-0.39, 0.29) is 11.9 Å². The number of carbonyl (C=O) groups excluding carboxylic acids is 1. The van der Waals surface area contributed by atoms with Crippen molar-refractivity contribution in [3.05, 3.63) is 30.1 Å². The van der Waals surface area contributed by atoms with Crippen molar-refractivity contribution in [2.45, 2.75) is 19.3 Å². The van der Waals surface area contributed by atoms with Gasteiger partial charge in [-0.25, -0.2) is 0 Å². The summed E-state index contributed by atoms with van der Waals surface area (Å²) in [5.74, 6) is 0.378. The van der Waals surface area contributed by atoms with Crippen LogP contribution in [-0.2, 0) is 9.53 Å². The minimum atomic E-state index is -0.0608. The maximum Gasteiger partial charge on any atom is 0.309 e. The summed E-state index contributed by atoms with van der Waals surface area (Å²) in [4.78, 5) is 15.3. The molecule has 0 unspecified atom stereocenters. The number of hydrogen-bond donors (Lipinski definition) is 0. The van der Waals surface area contributed by atoms with E-state index in [1.165, 1.54) is 5.56 Å². The molecule has 2 rings (SSSR count). The number of pyridine rings is 1. The van der Waals surface area contributed by atoms with Crippen molar-refractivity contribution >= 4 is 5.97 Å². The van der Waals surface area contributed by atoms with Gasteiger partial charge in [-0.05, 0) is 37.0 Å². The predicted octanol–water partition coefficient (Wildman–Crippen LogP) is 1.75. The monoisotopic (exact) mass is 191 g/mol. The topological polar surface area (TPSA) is 39.2 Å². The van der Waals surface area contributed by atoms with Gasteiger partial charge in [-0.15, -0.1) is 0 Å². The minimum absolute atomic E-state index is 0.0608. The van der Waals surface area contributed by atoms with Gasteiger partial charge < -0.3 is 4.74 Å². The molecule has 0 N–H and O–H groups in total. The van der Waals surface area contributed by atoms with Gasteiger partial charge in [0, 0.05) is 12.4 Å². The second-order valence-electron chi connectivity index (χ2n) is 3.48. The first-order valence-electron chi connectivity index (χ1n) is 4.89. The molecule has 0 bridgehead atoms. The lowest BCUT2D eigenvalue weighted by Gasteiger charge is -2.00. The maximum absolute atomic E-state index is 11.4. The molecular formula is C11H13NO2. The Hall–Kier alpha value is -1.38. The third-order valence-electron chi connectivity index (χ3n) is 2.51. The molecule has 0 aromatic carbocycles. The number of esters is 1. The first-order valence-corrected chi connectivity index (χ1v) is 4.89. The van der Waals surface area contributed by atoms with Gasteiger partial charge in [-0.2, -0.15) is 0 Å². The van der Waals surface area contributed by atoms with Crippen LogP contribution in [0, 0.1) is 5.92 Å². The molecule has 0 aliphatic heterocycles. The molecule has 1 saturated carbocycles. The molecule has 3 nitrogen and oxygen atoms in total. The van der Waals surface area contributed by atoms with E-state index >= 15 is 0 Å². The van der Waals surface area contributed by atoms with E-state index in [1.807, 2.05) is 19.1 Å². The summed E-state index contributed by atoms with van der Waals surface area (Å²) >= 11 is 0. The largest absolute Gasteiger partial charge is 0.466 e. The fourth-order valence-electron chi connectivity index (χ4n) is 1.68. The normalized spacial score (nSPS) is 24.4. The van der Waals surface area contributed by atoms with Crippen LogP contribution in [0.25, 0.3) is 0 Å². The summed E-state index contributed by atoms with van der Waals surface area (Å²) < 4.78 is 4.96. The van der Waals surface area contributed by atoms with Gasteiger partial charge in [0.05, 0.1) is 12.5 Å². The zero-order valence-electron chi connectivity index (χ0n) is 8.14. The molecule has 1 aromatic rings. The van der Waals surface area contributed by atoms with Crippen molar-refractivity contribution in [2.24, 2.45) is 5.92 Å². The van der Waals surface area contributed by atoms with Crippen LogP contribution in [0.1, 0.15) is 24.8 Å². The summed E-state index contributed by atoms with van der Waals surface area (Å²) in [6.45, 7) is 2.31. The average molecular weight is 191 g/mol. The lowest BCUT2D eigenvalue weighted by Crippen LogP contribution is -2.07. The zero-order chi connectivity index (χ0) is 9.97. The Labute approximate surface area is 83.1 Å². The number of aromatic nitrogens is 1. The van der Waals surface area contributed by atoms with E-state index in [0.29, 0.717) is 12.5 Å². The van der Waals surface area contributed by atoms with Crippen LogP contribution >= 0.6 is 0 Å². The van der Waals surface area contributed by atoms with Crippen LogP contribution in [0.4, 0.5) is 0 Å². The van der Waals surface area contributed by atoms with Crippen molar-refractivity contribution in [2.75, 3.05) is 6.61 Å². The molecular weight excluding hydrogens is 178 g/mol. The number of rotatable bonds is 3. The SMILES string of the molecule is CCOC(=O)[C@H]1C[C@H]1c1ccncc1. The third kappa shape index (κ3) is 1.76. The van der Waals surface area contributed by atoms with Gasteiger partial charge in [0.1, 0.15) is 0 Å². The molecule has 0 radical (unpaired) electrons. The second kappa shape index (κ2) is 3.78. The molecule has 0 spiro atoms. The first kappa shape index (κ1) is 9.19. The number of nitrogens with zero attached hydrogens (tertiary/aromatic N) is 1. The van der Waals surface area contributed by atoms with E-state index in [4.69, 9.17) is 4.74 Å². The van der Waals surface area contributed by atoms with E-state index in [1.54, 1.807) is 12.4 Å². The molecule has 1 aromatic heterocycles. The van der Waals surface area contributed by atoms with Gasteiger partial charge in [-0.3, -0.25) is 9.78 Å². The van der Waals surface area contributed by atoms with Gasteiger partial charge in [-0.1, -0.05) is 0 Å². The van der Waals surface area contributed by atoms with Crippen LogP contribution in [0.15, 0.2) is 24.5 Å². The fourth-order valence-corrected chi connectivity index (χ4v) is 1.68. The highest BCUT2D eigenvalue weighted by Crippen LogP contribution is 2.47. The molecule has 1 aliphatic rings. The van der Waals surface area contributed by atoms with Crippen LogP contribution in [0.2, 0.25) is 0 Å². The average Bonchev–Trinajstić information content (AvgIpc) is 2.99. The molecule has 1 heterocycles. The standard InChI is InChI=1S/C11H13NO2/c1-2-14-11(13)10-7-9(10)8-3-5-12-6-4-8/h3-6,9-10H,2,7H2,1H3/t9-,10-/m0/s1. The van der Waals surface area contributed by atoms with Crippen molar-refractivity contribution < 1.29 is 9.53 Å². The van der Waals surface area contributed by atoms with Gasteiger partial charge >= 0.3 is 5.97 Å². The fraction of sp³-hybridized carbons (Fsp3) is 0.455. The first-order chi connectivity index (χ1) is 6.83. The summed E-state index contributed by atoms with van der Waals surface area (Å²) in [5.41, 5.74) is 1.19. The van der Waals surface area contributed by atoms with Crippen LogP contribution in [0.3, 0.4) is 0 Å². The third-order valence-corrected chi connectivity index (χ3v) is 2.51. The molecule has 1 aliphatic carbocycles. The Morgan fingerprint density at radius 3 is 2.93 bits per heavy atom. The van der Waals surface area contributed by atoms with Gasteiger partial charge in [0.25, 0.3) is 0 Å². The number of carbonyl (C=O) groups is 1. The minimum Gasteiger partial charge on any atom is -0.466 e. The number of ether oxygens (including phenoxy) is 1. The predicted molar refractivity (Wildman–Crippen MR) is 51.7 cm³/mol. The van der Waals surface area contributed by atoms with Crippen LogP contribution in [0.5, 0.6) is 0 Å². The van der Waals surface area contributed by atoms with Gasteiger partial charge in [0.15, 0.2) is 0 Å². The molecule has 74 valence electrons. The molecule has 0 amide bonds. The molecule has 14 heavy (non-hydrogen) atoms. The summed E-state index contributed by atoms with van der Waals surface area (Å²) in [6.07, 6.45) is 4.44. The summed E-state index contributed by atoms with van der Waals surface area (Å²) in [7, 11) is 0. The van der Waals surface area contributed by atoms with E-state index < -0.39 is 0 Å². The molecule has 0 saturated heterocycles. The van der Waals surface area contributed by atoms with Crippen LogP contribution < -0.4 is 0 Å². The quantitative estimate of drug-likeness (QED) is 0.683. The van der Waals surface area contributed by atoms with Crippen molar-refractivity contribution in [1.29, 1.82) is 0 Å². The molecule has 1 fully saturated rings. The lowest BCUT2D eigenvalue weighted by molar-refractivity contribution is -0.144. The summed E-state index contributed by atoms with van der Waals surface area (Å²) in [6, 6.07) is 3.92.